The fourth-order valence-corrected chi connectivity index (χ4v) is 4.02. The number of Topliss-reactive ketones (excluding diaryl/α,β-unsaturated/α-hetero) is 1. The van der Waals surface area contributed by atoms with E-state index in [1.165, 1.54) is 6.92 Å². The molecule has 1 heterocycles. The molecule has 4 aromatic rings. The number of ether oxygens (including phenoxy) is 1. The third-order valence-corrected chi connectivity index (χ3v) is 5.88. The number of carbonyl (C=O) groups excluding carboxylic acids is 2. The molecule has 1 aromatic heterocycles. The highest BCUT2D eigenvalue weighted by Crippen LogP contribution is 2.18. The second-order valence-electron chi connectivity index (χ2n) is 8.36. The van der Waals surface area contributed by atoms with E-state index >= 15 is 0 Å². The van der Waals surface area contributed by atoms with Crippen molar-refractivity contribution in [1.82, 2.24) is 14.9 Å². The molecule has 35 heavy (non-hydrogen) atoms. The number of fused-ring (bicyclic) bond motifs is 1. The Morgan fingerprint density at radius 1 is 0.943 bits per heavy atom. The molecule has 3 aromatic carbocycles. The Balaban J connectivity index is 1.56. The monoisotopic (exact) mass is 469 g/mol. The number of rotatable bonds is 9. The van der Waals surface area contributed by atoms with Crippen LogP contribution in [0.25, 0.3) is 10.9 Å². The second kappa shape index (κ2) is 10.8. The van der Waals surface area contributed by atoms with Crippen molar-refractivity contribution in [2.45, 2.75) is 32.9 Å². The fourth-order valence-electron chi connectivity index (χ4n) is 4.02. The highest BCUT2D eigenvalue weighted by molar-refractivity contribution is 5.94. The summed E-state index contributed by atoms with van der Waals surface area (Å²) in [5.74, 6) is 0.424. The number of hydrogen-bond acceptors (Lipinski definition) is 5. The number of aromatic amines is 1. The van der Waals surface area contributed by atoms with Crippen molar-refractivity contribution in [3.63, 3.8) is 0 Å². The van der Waals surface area contributed by atoms with Gasteiger partial charge in [-0.05, 0) is 41.3 Å². The Labute approximate surface area is 203 Å². The third kappa shape index (κ3) is 5.81. The predicted octanol–water partition coefficient (Wildman–Crippen LogP) is 4.30. The molecule has 0 saturated heterocycles. The lowest BCUT2D eigenvalue weighted by Gasteiger charge is -2.22. The number of amides is 1. The Morgan fingerprint density at radius 3 is 2.43 bits per heavy atom. The maximum atomic E-state index is 13.0. The number of aryl methyl sites for hydroxylation is 1. The van der Waals surface area contributed by atoms with Crippen LogP contribution in [0.15, 0.2) is 77.6 Å². The van der Waals surface area contributed by atoms with Crippen LogP contribution in [0.4, 0.5) is 0 Å². The maximum absolute atomic E-state index is 13.0. The van der Waals surface area contributed by atoms with Crippen LogP contribution in [0.2, 0.25) is 0 Å². The molecule has 178 valence electrons. The van der Waals surface area contributed by atoms with E-state index in [0.29, 0.717) is 29.4 Å². The number of benzene rings is 3. The Kier molecular flexibility index (Phi) is 7.35. The van der Waals surface area contributed by atoms with Crippen LogP contribution in [0.5, 0.6) is 5.75 Å². The summed E-state index contributed by atoms with van der Waals surface area (Å²) in [5.41, 5.74) is 2.68. The number of ketones is 1. The van der Waals surface area contributed by atoms with E-state index in [-0.39, 0.29) is 30.5 Å². The molecule has 7 nitrogen and oxygen atoms in total. The largest absolute Gasteiger partial charge is 0.497 e. The molecule has 0 radical (unpaired) electrons. The van der Waals surface area contributed by atoms with Crippen molar-refractivity contribution in [2.24, 2.45) is 0 Å². The number of H-pyrrole nitrogens is 1. The topological polar surface area (TPSA) is 92.4 Å². The van der Waals surface area contributed by atoms with Gasteiger partial charge >= 0.3 is 0 Å². The van der Waals surface area contributed by atoms with Gasteiger partial charge in [-0.3, -0.25) is 14.4 Å². The highest BCUT2D eigenvalue weighted by Gasteiger charge is 2.17. The first-order valence-corrected chi connectivity index (χ1v) is 11.4. The molecule has 4 rings (SSSR count). The van der Waals surface area contributed by atoms with Crippen molar-refractivity contribution in [1.29, 1.82) is 0 Å². The number of aromatic nitrogens is 2. The van der Waals surface area contributed by atoms with E-state index in [0.717, 1.165) is 16.9 Å². The van der Waals surface area contributed by atoms with E-state index in [2.05, 4.69) is 9.97 Å². The summed E-state index contributed by atoms with van der Waals surface area (Å²) in [6, 6.07) is 22.5. The molecule has 0 aliphatic heterocycles. The van der Waals surface area contributed by atoms with E-state index in [1.807, 2.05) is 60.7 Å². The van der Waals surface area contributed by atoms with Crippen LogP contribution < -0.4 is 10.3 Å². The average Bonchev–Trinajstić information content (AvgIpc) is 2.87. The van der Waals surface area contributed by atoms with Crippen LogP contribution >= 0.6 is 0 Å². The molecule has 0 bridgehead atoms. The van der Waals surface area contributed by atoms with Gasteiger partial charge in [0, 0.05) is 26.4 Å². The van der Waals surface area contributed by atoms with E-state index in [1.54, 1.807) is 24.1 Å². The number of nitrogens with one attached hydrogen (secondary N) is 1. The zero-order chi connectivity index (χ0) is 24.8. The summed E-state index contributed by atoms with van der Waals surface area (Å²) < 4.78 is 5.23. The van der Waals surface area contributed by atoms with Crippen LogP contribution in [0, 0.1) is 0 Å². The summed E-state index contributed by atoms with van der Waals surface area (Å²) in [6.45, 7) is 2.20. The Morgan fingerprint density at radius 2 is 1.69 bits per heavy atom. The minimum atomic E-state index is -0.390. The molecule has 0 saturated carbocycles. The minimum Gasteiger partial charge on any atom is -0.497 e. The van der Waals surface area contributed by atoms with Crippen molar-refractivity contribution in [3.05, 3.63) is 106 Å². The van der Waals surface area contributed by atoms with E-state index in [4.69, 9.17) is 4.74 Å². The molecule has 1 amide bonds. The van der Waals surface area contributed by atoms with Crippen molar-refractivity contribution in [3.8, 4) is 5.75 Å². The second-order valence-corrected chi connectivity index (χ2v) is 8.36. The van der Waals surface area contributed by atoms with Gasteiger partial charge in [0.15, 0.2) is 11.6 Å². The zero-order valence-corrected chi connectivity index (χ0v) is 19.8. The quantitative estimate of drug-likeness (QED) is 0.369. The average molecular weight is 470 g/mol. The van der Waals surface area contributed by atoms with Gasteiger partial charge in [-0.25, -0.2) is 4.98 Å². The molecule has 0 atom stereocenters. The van der Waals surface area contributed by atoms with E-state index < -0.39 is 5.56 Å². The van der Waals surface area contributed by atoms with Crippen LogP contribution in [-0.2, 0) is 24.3 Å². The van der Waals surface area contributed by atoms with Gasteiger partial charge in [-0.2, -0.15) is 0 Å². The van der Waals surface area contributed by atoms with E-state index in [9.17, 15) is 14.4 Å². The first-order valence-electron chi connectivity index (χ1n) is 11.4. The SMILES string of the molecule is COc1cccc(CCC(=O)c2nc3cccc(CN(Cc4ccccc4)C(C)=O)c3c(=O)[nH]2)c1. The molecule has 0 aliphatic carbocycles. The fraction of sp³-hybridized carbons (Fsp3) is 0.214. The zero-order valence-electron chi connectivity index (χ0n) is 19.8. The minimum absolute atomic E-state index is 0.0373. The van der Waals surface area contributed by atoms with Gasteiger partial charge in [-0.15, -0.1) is 0 Å². The Hall–Kier alpha value is -4.26. The van der Waals surface area contributed by atoms with Gasteiger partial charge < -0.3 is 14.6 Å². The molecule has 0 fully saturated rings. The van der Waals surface area contributed by atoms with Gasteiger partial charge in [0.2, 0.25) is 5.91 Å². The third-order valence-electron chi connectivity index (χ3n) is 5.88. The van der Waals surface area contributed by atoms with Gasteiger partial charge in [0.25, 0.3) is 5.56 Å². The summed E-state index contributed by atoms with van der Waals surface area (Å²) in [6.07, 6.45) is 0.710. The van der Waals surface area contributed by atoms with Crippen LogP contribution in [0.3, 0.4) is 0 Å². The standard InChI is InChI=1S/C28H27N3O4/c1-19(32)31(17-21-8-4-3-5-9-21)18-22-11-7-13-24-26(22)28(34)30-27(29-24)25(33)15-14-20-10-6-12-23(16-20)35-2/h3-13,16H,14-15,17-18H2,1-2H3,(H,29,30,34). The van der Waals surface area contributed by atoms with Gasteiger partial charge in [-0.1, -0.05) is 54.6 Å². The lowest BCUT2D eigenvalue weighted by Crippen LogP contribution is -2.28. The number of nitrogens with zero attached hydrogens (tertiary/aromatic N) is 2. The molecular formula is C28H27N3O4. The predicted molar refractivity (Wildman–Crippen MR) is 134 cm³/mol. The molecule has 0 spiro atoms. The lowest BCUT2D eigenvalue weighted by molar-refractivity contribution is -0.130. The molecule has 7 heteroatoms. The van der Waals surface area contributed by atoms with Crippen molar-refractivity contribution < 1.29 is 14.3 Å². The summed E-state index contributed by atoms with van der Waals surface area (Å²) in [7, 11) is 1.60. The number of carbonyl (C=O) groups is 2. The maximum Gasteiger partial charge on any atom is 0.259 e. The number of hydrogen-bond donors (Lipinski definition) is 1. The lowest BCUT2D eigenvalue weighted by atomic mass is 10.1. The van der Waals surface area contributed by atoms with Gasteiger partial charge in [0.05, 0.1) is 18.0 Å². The van der Waals surface area contributed by atoms with Crippen LogP contribution in [0.1, 0.15) is 40.7 Å². The Bertz CT molecular complexity index is 1410. The summed E-state index contributed by atoms with van der Waals surface area (Å²) in [4.78, 5) is 46.9. The molecule has 0 aliphatic rings. The summed E-state index contributed by atoms with van der Waals surface area (Å²) >= 11 is 0. The van der Waals surface area contributed by atoms with Crippen molar-refractivity contribution >= 4 is 22.6 Å². The first kappa shape index (κ1) is 23.9. The molecule has 1 N–H and O–H groups in total. The molecular weight excluding hydrogens is 442 g/mol. The van der Waals surface area contributed by atoms with Gasteiger partial charge in [0.1, 0.15) is 5.75 Å². The normalized spacial score (nSPS) is 10.8. The highest BCUT2D eigenvalue weighted by atomic mass is 16.5. The first-order chi connectivity index (χ1) is 16.9. The number of methoxy groups -OCH3 is 1. The molecule has 0 unspecified atom stereocenters. The summed E-state index contributed by atoms with van der Waals surface area (Å²) in [5, 5.41) is 0.385. The van der Waals surface area contributed by atoms with Crippen molar-refractivity contribution in [2.75, 3.05) is 7.11 Å². The van der Waals surface area contributed by atoms with Crippen LogP contribution in [-0.4, -0.2) is 33.7 Å². The smallest absolute Gasteiger partial charge is 0.259 e.